The number of benzene rings is 2. The number of ether oxygens (including phenoxy) is 2. The van der Waals surface area contributed by atoms with Crippen LogP contribution in [0.4, 0.5) is 0 Å². The molecule has 184 valence electrons. The zero-order chi connectivity index (χ0) is 25.2. The predicted molar refractivity (Wildman–Crippen MR) is 139 cm³/mol. The van der Waals surface area contributed by atoms with E-state index in [0.717, 1.165) is 48.2 Å². The second-order valence-corrected chi connectivity index (χ2v) is 9.71. The summed E-state index contributed by atoms with van der Waals surface area (Å²) in [6.07, 6.45) is 9.49. The van der Waals surface area contributed by atoms with Crippen molar-refractivity contribution in [2.75, 3.05) is 13.7 Å². The molecular formula is C30H28ClNO4. The first-order valence-corrected chi connectivity index (χ1v) is 12.7. The Kier molecular flexibility index (Phi) is 6.89. The Bertz CT molecular complexity index is 1270. The summed E-state index contributed by atoms with van der Waals surface area (Å²) >= 11 is 6.64. The van der Waals surface area contributed by atoms with Gasteiger partial charge in [0.1, 0.15) is 6.61 Å². The number of terminal acetylenes is 1. The Hall–Kier alpha value is -3.49. The van der Waals surface area contributed by atoms with Crippen molar-refractivity contribution in [3.05, 3.63) is 81.2 Å². The number of carbonyl (C=O) groups is 2. The highest BCUT2D eigenvalue weighted by Gasteiger charge is 2.43. The molecule has 0 spiro atoms. The molecule has 0 fully saturated rings. The van der Waals surface area contributed by atoms with E-state index in [0.29, 0.717) is 47.1 Å². The largest absolute Gasteiger partial charge is 0.493 e. The number of halogens is 1. The Labute approximate surface area is 216 Å². The molecule has 3 aliphatic rings. The summed E-state index contributed by atoms with van der Waals surface area (Å²) in [4.78, 5) is 29.3. The maximum absolute atomic E-state index is 13.5. The van der Waals surface area contributed by atoms with E-state index in [4.69, 9.17) is 27.5 Å². The van der Waals surface area contributed by atoms with E-state index >= 15 is 0 Å². The molecule has 36 heavy (non-hydrogen) atoms. The third-order valence-electron chi connectivity index (χ3n) is 7.15. The SMILES string of the molecule is C#CCOc1c(Cl)cc(C2C3=C(CCCC3=O)N(Cc3ccccc3)C3=C2C(=O)CCC3)cc1OC. The molecule has 5 nitrogen and oxygen atoms in total. The van der Waals surface area contributed by atoms with Crippen LogP contribution in [0.3, 0.4) is 0 Å². The Morgan fingerprint density at radius 3 is 2.22 bits per heavy atom. The molecule has 0 saturated heterocycles. The van der Waals surface area contributed by atoms with Gasteiger partial charge in [0.15, 0.2) is 23.1 Å². The number of rotatable bonds is 6. The summed E-state index contributed by atoms with van der Waals surface area (Å²) in [7, 11) is 1.54. The van der Waals surface area contributed by atoms with Crippen LogP contribution >= 0.6 is 11.6 Å². The highest BCUT2D eigenvalue weighted by atomic mass is 35.5. The highest BCUT2D eigenvalue weighted by molar-refractivity contribution is 6.32. The number of allylic oxidation sites excluding steroid dienone is 4. The molecule has 0 unspecified atom stereocenters. The Morgan fingerprint density at radius 2 is 1.64 bits per heavy atom. The number of hydrogen-bond donors (Lipinski definition) is 0. The number of ketones is 2. The third kappa shape index (κ3) is 4.31. The minimum Gasteiger partial charge on any atom is -0.493 e. The standard InChI is InChI=1S/C30H28ClNO4/c1-3-15-36-30-21(31)16-20(17-26(30)35-2)27-28-22(11-7-13-24(28)33)32(18-19-9-5-4-6-10-19)23-12-8-14-25(34)29(23)27/h1,4-6,9-10,16-17,27H,7-8,11-15,18H2,2H3. The molecule has 5 rings (SSSR count). The first kappa shape index (κ1) is 24.2. The fourth-order valence-corrected chi connectivity index (χ4v) is 5.94. The average Bonchev–Trinajstić information content (AvgIpc) is 2.89. The van der Waals surface area contributed by atoms with Crippen LogP contribution in [0.2, 0.25) is 5.02 Å². The Balaban J connectivity index is 1.69. The van der Waals surface area contributed by atoms with Gasteiger partial charge in [0.2, 0.25) is 0 Å². The number of methoxy groups -OCH3 is 1. The van der Waals surface area contributed by atoms with Crippen LogP contribution in [-0.4, -0.2) is 30.2 Å². The van der Waals surface area contributed by atoms with Crippen molar-refractivity contribution in [1.29, 1.82) is 0 Å². The van der Waals surface area contributed by atoms with Gasteiger partial charge < -0.3 is 14.4 Å². The molecular weight excluding hydrogens is 474 g/mol. The quantitative estimate of drug-likeness (QED) is 0.456. The van der Waals surface area contributed by atoms with E-state index in [1.54, 1.807) is 6.07 Å². The molecule has 2 aliphatic carbocycles. The van der Waals surface area contributed by atoms with E-state index in [1.807, 2.05) is 24.3 Å². The van der Waals surface area contributed by atoms with Crippen molar-refractivity contribution in [2.45, 2.75) is 51.0 Å². The van der Waals surface area contributed by atoms with E-state index in [9.17, 15) is 9.59 Å². The lowest BCUT2D eigenvalue weighted by molar-refractivity contribution is -0.117. The van der Waals surface area contributed by atoms with Gasteiger partial charge >= 0.3 is 0 Å². The number of hydrogen-bond acceptors (Lipinski definition) is 5. The number of nitrogens with zero attached hydrogens (tertiary/aromatic N) is 1. The molecule has 1 heterocycles. The lowest BCUT2D eigenvalue weighted by Gasteiger charge is -2.44. The molecule has 0 N–H and O–H groups in total. The fraction of sp³-hybridized carbons (Fsp3) is 0.333. The lowest BCUT2D eigenvalue weighted by Crippen LogP contribution is -2.38. The van der Waals surface area contributed by atoms with E-state index < -0.39 is 5.92 Å². The normalized spacial score (nSPS) is 18.1. The fourth-order valence-electron chi connectivity index (χ4n) is 5.67. The lowest BCUT2D eigenvalue weighted by atomic mass is 9.71. The summed E-state index contributed by atoms with van der Waals surface area (Å²) < 4.78 is 11.2. The maximum atomic E-state index is 13.5. The smallest absolute Gasteiger partial charge is 0.181 e. The molecule has 0 atom stereocenters. The van der Waals surface area contributed by atoms with Gasteiger partial charge in [-0.3, -0.25) is 9.59 Å². The van der Waals surface area contributed by atoms with Crippen molar-refractivity contribution in [3.63, 3.8) is 0 Å². The van der Waals surface area contributed by atoms with Crippen LogP contribution in [0.15, 0.2) is 65.0 Å². The van der Waals surface area contributed by atoms with Gasteiger partial charge in [-0.2, -0.15) is 0 Å². The van der Waals surface area contributed by atoms with Crippen molar-refractivity contribution < 1.29 is 19.1 Å². The van der Waals surface area contributed by atoms with E-state index in [-0.39, 0.29) is 18.2 Å². The zero-order valence-electron chi connectivity index (χ0n) is 20.3. The first-order chi connectivity index (χ1) is 17.5. The maximum Gasteiger partial charge on any atom is 0.181 e. The Morgan fingerprint density at radius 1 is 1.00 bits per heavy atom. The summed E-state index contributed by atoms with van der Waals surface area (Å²) in [5.74, 6) is 2.92. The van der Waals surface area contributed by atoms with Crippen molar-refractivity contribution in [1.82, 2.24) is 4.90 Å². The van der Waals surface area contributed by atoms with Gasteiger partial charge in [0.05, 0.1) is 12.1 Å². The van der Waals surface area contributed by atoms with E-state index in [2.05, 4.69) is 23.0 Å². The van der Waals surface area contributed by atoms with Gasteiger partial charge in [-0.15, -0.1) is 6.42 Å². The topological polar surface area (TPSA) is 55.8 Å². The van der Waals surface area contributed by atoms with Crippen molar-refractivity contribution in [3.8, 4) is 23.8 Å². The van der Waals surface area contributed by atoms with Gasteiger partial charge in [-0.05, 0) is 48.9 Å². The van der Waals surface area contributed by atoms with E-state index in [1.165, 1.54) is 7.11 Å². The molecule has 2 aromatic carbocycles. The van der Waals surface area contributed by atoms with Gasteiger partial charge in [0.25, 0.3) is 0 Å². The van der Waals surface area contributed by atoms with Crippen LogP contribution in [-0.2, 0) is 16.1 Å². The molecule has 0 bridgehead atoms. The minimum atomic E-state index is -0.476. The van der Waals surface area contributed by atoms with Crippen LogP contribution in [0.25, 0.3) is 0 Å². The second-order valence-electron chi connectivity index (χ2n) is 9.31. The van der Waals surface area contributed by atoms with Crippen molar-refractivity contribution in [2.24, 2.45) is 0 Å². The molecule has 0 amide bonds. The molecule has 1 aliphatic heterocycles. The molecule has 0 aromatic heterocycles. The molecule has 0 saturated carbocycles. The monoisotopic (exact) mass is 501 g/mol. The molecule has 6 heteroatoms. The highest BCUT2D eigenvalue weighted by Crippen LogP contribution is 2.51. The van der Waals surface area contributed by atoms with Crippen molar-refractivity contribution >= 4 is 23.2 Å². The van der Waals surface area contributed by atoms with Crippen LogP contribution in [0, 0.1) is 12.3 Å². The summed E-state index contributed by atoms with van der Waals surface area (Å²) in [5.41, 5.74) is 5.37. The number of carbonyl (C=O) groups excluding carboxylic acids is 2. The molecule has 2 aromatic rings. The number of Topliss-reactive ketones (excluding diaryl/α,β-unsaturated/α-hetero) is 2. The summed E-state index contributed by atoms with van der Waals surface area (Å²) in [5, 5.41) is 0.335. The molecule has 0 radical (unpaired) electrons. The summed E-state index contributed by atoms with van der Waals surface area (Å²) in [6, 6.07) is 13.8. The minimum absolute atomic E-state index is 0.0505. The van der Waals surface area contributed by atoms with Gasteiger partial charge in [-0.25, -0.2) is 0 Å². The zero-order valence-corrected chi connectivity index (χ0v) is 21.1. The van der Waals surface area contributed by atoms with Crippen LogP contribution < -0.4 is 9.47 Å². The van der Waals surface area contributed by atoms with Crippen LogP contribution in [0.5, 0.6) is 11.5 Å². The predicted octanol–water partition coefficient (Wildman–Crippen LogP) is 5.97. The second kappa shape index (κ2) is 10.2. The van der Waals surface area contributed by atoms with Gasteiger partial charge in [0, 0.05) is 47.8 Å². The van der Waals surface area contributed by atoms with Gasteiger partial charge in [-0.1, -0.05) is 47.9 Å². The third-order valence-corrected chi connectivity index (χ3v) is 7.44. The summed E-state index contributed by atoms with van der Waals surface area (Å²) in [6.45, 7) is 0.684. The van der Waals surface area contributed by atoms with Crippen LogP contribution in [0.1, 0.15) is 55.6 Å². The average molecular weight is 502 g/mol. The first-order valence-electron chi connectivity index (χ1n) is 12.3.